The molecule has 0 aliphatic carbocycles. The van der Waals surface area contributed by atoms with Crippen molar-refractivity contribution >= 4 is 29.5 Å². The van der Waals surface area contributed by atoms with Gasteiger partial charge in [-0.25, -0.2) is 4.79 Å². The number of anilines is 1. The lowest BCUT2D eigenvalue weighted by Gasteiger charge is -2.25. The average Bonchev–Trinajstić information content (AvgIpc) is 3.03. The zero-order valence-electron chi connectivity index (χ0n) is 16.8. The van der Waals surface area contributed by atoms with Gasteiger partial charge in [0, 0.05) is 5.69 Å². The third-order valence-electron chi connectivity index (χ3n) is 4.90. The Morgan fingerprint density at radius 1 is 1.16 bits per heavy atom. The van der Waals surface area contributed by atoms with Crippen molar-refractivity contribution in [3.63, 3.8) is 0 Å². The number of esters is 1. The molecule has 0 aromatic heterocycles. The van der Waals surface area contributed by atoms with E-state index in [1.54, 1.807) is 55.5 Å². The average molecular weight is 420 g/mol. The van der Waals surface area contributed by atoms with Gasteiger partial charge in [-0.15, -0.1) is 0 Å². The Bertz CT molecular complexity index is 1060. The second-order valence-corrected chi connectivity index (χ2v) is 6.85. The molecule has 2 N–H and O–H groups in total. The third-order valence-corrected chi connectivity index (χ3v) is 4.90. The minimum Gasteiger partial charge on any atom is -0.454 e. The second-order valence-electron chi connectivity index (χ2n) is 6.85. The molecule has 1 saturated heterocycles. The van der Waals surface area contributed by atoms with Crippen molar-refractivity contribution in [1.82, 2.24) is 10.2 Å². The van der Waals surface area contributed by atoms with E-state index in [9.17, 15) is 19.2 Å². The van der Waals surface area contributed by atoms with Crippen LogP contribution in [-0.4, -0.2) is 41.9 Å². The molecule has 1 atom stereocenters. The number of nitrogens with zero attached hydrogens (tertiary/aromatic N) is 2. The highest BCUT2D eigenvalue weighted by Gasteiger charge is 2.51. The summed E-state index contributed by atoms with van der Waals surface area (Å²) in [4.78, 5) is 50.3. The van der Waals surface area contributed by atoms with E-state index in [2.05, 4.69) is 10.6 Å². The summed E-state index contributed by atoms with van der Waals surface area (Å²) < 4.78 is 4.91. The number of hydrogen-bond donors (Lipinski definition) is 2. The van der Waals surface area contributed by atoms with Crippen LogP contribution in [0.25, 0.3) is 0 Å². The molecular weight excluding hydrogens is 400 g/mol. The fourth-order valence-electron chi connectivity index (χ4n) is 3.32. The van der Waals surface area contributed by atoms with Gasteiger partial charge in [0.15, 0.2) is 6.61 Å². The number of amides is 4. The lowest BCUT2D eigenvalue weighted by atomic mass is 9.87. The van der Waals surface area contributed by atoms with Crippen molar-refractivity contribution in [3.8, 4) is 6.07 Å². The SMILES string of the molecule is CCC1(c2ccccc2)NC(=O)N(CC(=O)OCC(=O)Nc2cccc(C#N)c2)C1=O. The van der Waals surface area contributed by atoms with Crippen molar-refractivity contribution in [2.24, 2.45) is 0 Å². The Balaban J connectivity index is 1.59. The van der Waals surface area contributed by atoms with Crippen LogP contribution < -0.4 is 10.6 Å². The van der Waals surface area contributed by atoms with Crippen molar-refractivity contribution in [3.05, 3.63) is 65.7 Å². The minimum absolute atomic E-state index is 0.303. The summed E-state index contributed by atoms with van der Waals surface area (Å²) in [5.41, 5.74) is 0.114. The Kier molecular flexibility index (Phi) is 6.31. The number of rotatable bonds is 7. The Hall–Kier alpha value is -4.19. The molecule has 9 heteroatoms. The first-order chi connectivity index (χ1) is 14.9. The van der Waals surface area contributed by atoms with Crippen LogP contribution in [-0.2, 0) is 24.7 Å². The molecule has 1 unspecified atom stereocenters. The molecule has 0 saturated carbocycles. The van der Waals surface area contributed by atoms with Crippen LogP contribution in [0.1, 0.15) is 24.5 Å². The normalized spacial score (nSPS) is 17.6. The van der Waals surface area contributed by atoms with Gasteiger partial charge < -0.3 is 15.4 Å². The smallest absolute Gasteiger partial charge is 0.326 e. The van der Waals surface area contributed by atoms with Crippen LogP contribution in [0.4, 0.5) is 10.5 Å². The van der Waals surface area contributed by atoms with E-state index in [1.165, 1.54) is 6.07 Å². The van der Waals surface area contributed by atoms with Crippen LogP contribution in [0.2, 0.25) is 0 Å². The number of benzene rings is 2. The lowest BCUT2D eigenvalue weighted by molar-refractivity contribution is -0.150. The van der Waals surface area contributed by atoms with Gasteiger partial charge in [-0.2, -0.15) is 5.26 Å². The predicted molar refractivity (Wildman–Crippen MR) is 109 cm³/mol. The number of imide groups is 1. The molecule has 1 fully saturated rings. The van der Waals surface area contributed by atoms with Crippen molar-refractivity contribution in [2.75, 3.05) is 18.5 Å². The number of carbonyl (C=O) groups excluding carboxylic acids is 4. The molecule has 1 aliphatic heterocycles. The van der Waals surface area contributed by atoms with E-state index in [4.69, 9.17) is 10.00 Å². The van der Waals surface area contributed by atoms with E-state index in [0.717, 1.165) is 4.90 Å². The van der Waals surface area contributed by atoms with Crippen LogP contribution in [0.3, 0.4) is 0 Å². The van der Waals surface area contributed by atoms with E-state index >= 15 is 0 Å². The van der Waals surface area contributed by atoms with Gasteiger partial charge in [0.05, 0.1) is 11.6 Å². The maximum Gasteiger partial charge on any atom is 0.326 e. The van der Waals surface area contributed by atoms with E-state index in [1.807, 2.05) is 6.07 Å². The number of hydrogen-bond acceptors (Lipinski definition) is 6. The first kappa shape index (κ1) is 21.5. The first-order valence-electron chi connectivity index (χ1n) is 9.55. The lowest BCUT2D eigenvalue weighted by Crippen LogP contribution is -2.44. The number of carbonyl (C=O) groups is 4. The van der Waals surface area contributed by atoms with Gasteiger partial charge in [-0.1, -0.05) is 43.3 Å². The topological polar surface area (TPSA) is 129 Å². The predicted octanol–water partition coefficient (Wildman–Crippen LogP) is 1.90. The van der Waals surface area contributed by atoms with Gasteiger partial charge in [0.25, 0.3) is 11.8 Å². The van der Waals surface area contributed by atoms with E-state index < -0.39 is 42.5 Å². The minimum atomic E-state index is -1.25. The van der Waals surface area contributed by atoms with Gasteiger partial charge in [-0.3, -0.25) is 19.3 Å². The summed E-state index contributed by atoms with van der Waals surface area (Å²) in [6.45, 7) is 0.548. The molecule has 1 heterocycles. The van der Waals surface area contributed by atoms with Crippen molar-refractivity contribution in [2.45, 2.75) is 18.9 Å². The van der Waals surface area contributed by atoms with E-state index in [-0.39, 0.29) is 0 Å². The molecule has 2 aromatic rings. The summed E-state index contributed by atoms with van der Waals surface area (Å²) in [6, 6.07) is 16.3. The molecule has 9 nitrogen and oxygen atoms in total. The number of ether oxygens (including phenoxy) is 1. The quantitative estimate of drug-likeness (QED) is 0.520. The van der Waals surface area contributed by atoms with Gasteiger partial charge in [0.2, 0.25) is 0 Å². The fourth-order valence-corrected chi connectivity index (χ4v) is 3.32. The summed E-state index contributed by atoms with van der Waals surface area (Å²) in [7, 11) is 0. The van der Waals surface area contributed by atoms with Crippen LogP contribution in [0.5, 0.6) is 0 Å². The van der Waals surface area contributed by atoms with E-state index in [0.29, 0.717) is 23.2 Å². The summed E-state index contributed by atoms with van der Waals surface area (Å²) in [6.07, 6.45) is 0.303. The van der Waals surface area contributed by atoms with Crippen LogP contribution in [0, 0.1) is 11.3 Å². The molecular formula is C22H20N4O5. The summed E-state index contributed by atoms with van der Waals surface area (Å²) in [5, 5.41) is 14.1. The first-order valence-corrected chi connectivity index (χ1v) is 9.55. The number of nitriles is 1. The molecule has 31 heavy (non-hydrogen) atoms. The molecule has 2 aromatic carbocycles. The molecule has 0 spiro atoms. The van der Waals surface area contributed by atoms with Crippen molar-refractivity contribution < 1.29 is 23.9 Å². The molecule has 3 rings (SSSR count). The van der Waals surface area contributed by atoms with Crippen LogP contribution in [0.15, 0.2) is 54.6 Å². The number of urea groups is 1. The number of nitrogens with one attached hydrogen (secondary N) is 2. The highest BCUT2D eigenvalue weighted by molar-refractivity contribution is 6.09. The highest BCUT2D eigenvalue weighted by Crippen LogP contribution is 2.32. The Morgan fingerprint density at radius 2 is 1.90 bits per heavy atom. The Morgan fingerprint density at radius 3 is 2.58 bits per heavy atom. The largest absolute Gasteiger partial charge is 0.454 e. The standard InChI is InChI=1S/C22H20N4O5/c1-2-22(16-8-4-3-5-9-16)20(29)26(21(30)25-22)13-19(28)31-14-18(27)24-17-10-6-7-15(11-17)12-23/h3-11H,2,13-14H2,1H3,(H,24,27)(H,25,30). The third kappa shape index (κ3) is 4.53. The van der Waals surface area contributed by atoms with Crippen LogP contribution >= 0.6 is 0 Å². The fraction of sp³-hybridized carbons (Fsp3) is 0.227. The molecule has 1 aliphatic rings. The molecule has 0 bridgehead atoms. The summed E-state index contributed by atoms with van der Waals surface area (Å²) in [5.74, 6) is -2.07. The highest BCUT2D eigenvalue weighted by atomic mass is 16.5. The molecule has 0 radical (unpaired) electrons. The summed E-state index contributed by atoms with van der Waals surface area (Å²) >= 11 is 0. The van der Waals surface area contributed by atoms with Gasteiger partial charge in [-0.05, 0) is 30.2 Å². The monoisotopic (exact) mass is 420 g/mol. The Labute approximate surface area is 178 Å². The second kappa shape index (κ2) is 9.09. The van der Waals surface area contributed by atoms with Gasteiger partial charge in [0.1, 0.15) is 12.1 Å². The zero-order valence-corrected chi connectivity index (χ0v) is 16.8. The van der Waals surface area contributed by atoms with Gasteiger partial charge >= 0.3 is 12.0 Å². The molecule has 4 amide bonds. The van der Waals surface area contributed by atoms with Crippen molar-refractivity contribution in [1.29, 1.82) is 5.26 Å². The maximum atomic E-state index is 13.0. The molecule has 158 valence electrons. The zero-order chi connectivity index (χ0) is 22.4. The maximum absolute atomic E-state index is 13.0.